The molecule has 1 saturated carbocycles. The molecule has 2 N–H and O–H groups in total. The Labute approximate surface area is 199 Å². The molecule has 3 aromatic carbocycles. The summed E-state index contributed by atoms with van der Waals surface area (Å²) in [5.41, 5.74) is 2.23. The number of carbonyl (C=O) groups excluding carboxylic acids is 2. The maximum Gasteiger partial charge on any atom is 0.326 e. The third-order valence-corrected chi connectivity index (χ3v) is 5.38. The van der Waals surface area contributed by atoms with Gasteiger partial charge in [0.05, 0.1) is 5.71 Å². The van der Waals surface area contributed by atoms with E-state index in [2.05, 4.69) is 10.5 Å². The van der Waals surface area contributed by atoms with Gasteiger partial charge < -0.3 is 10.2 Å². The molecule has 1 fully saturated rings. The van der Waals surface area contributed by atoms with Crippen molar-refractivity contribution in [3.8, 4) is 0 Å². The number of imide groups is 1. The van der Waals surface area contributed by atoms with E-state index in [9.17, 15) is 18.4 Å². The number of carbonyl (C=O) groups is 2. The van der Waals surface area contributed by atoms with Gasteiger partial charge >= 0.3 is 6.03 Å². The summed E-state index contributed by atoms with van der Waals surface area (Å²) in [6.45, 7) is 0.224. The van der Waals surface area contributed by atoms with Crippen molar-refractivity contribution in [1.29, 1.82) is 0 Å². The molecule has 3 aromatic rings. The van der Waals surface area contributed by atoms with Crippen molar-refractivity contribution in [1.82, 2.24) is 5.32 Å². The minimum atomic E-state index is -1.18. The summed E-state index contributed by atoms with van der Waals surface area (Å²) >= 11 is 5.96. The van der Waals surface area contributed by atoms with Crippen LogP contribution in [0.25, 0.3) is 0 Å². The fourth-order valence-electron chi connectivity index (χ4n) is 3.24. The molecule has 34 heavy (non-hydrogen) atoms. The first kappa shape index (κ1) is 23.4. The molecule has 6 nitrogen and oxygen atoms in total. The van der Waals surface area contributed by atoms with E-state index in [-0.39, 0.29) is 6.61 Å². The van der Waals surface area contributed by atoms with Gasteiger partial charge in [0.2, 0.25) is 0 Å². The third-order valence-electron chi connectivity index (χ3n) is 5.13. The fraction of sp³-hybridized carbons (Fsp3) is 0.160. The van der Waals surface area contributed by atoms with Crippen molar-refractivity contribution in [2.75, 3.05) is 5.32 Å². The number of benzene rings is 3. The number of nitrogens with zero attached hydrogens (tertiary/aromatic N) is 1. The lowest BCUT2D eigenvalue weighted by Crippen LogP contribution is -2.35. The summed E-state index contributed by atoms with van der Waals surface area (Å²) in [5, 5.41) is 9.32. The van der Waals surface area contributed by atoms with Gasteiger partial charge in [-0.05, 0) is 60.4 Å². The number of oxime groups is 1. The zero-order valence-electron chi connectivity index (χ0n) is 17.9. The van der Waals surface area contributed by atoms with Gasteiger partial charge in [-0.2, -0.15) is 0 Å². The molecular weight excluding hydrogens is 464 g/mol. The molecule has 0 atom stereocenters. The summed E-state index contributed by atoms with van der Waals surface area (Å²) in [6.07, 6.45) is 2.14. The van der Waals surface area contributed by atoms with Crippen molar-refractivity contribution >= 4 is 34.9 Å². The zero-order chi connectivity index (χ0) is 24.1. The minimum absolute atomic E-state index is 0.224. The second kappa shape index (κ2) is 10.4. The van der Waals surface area contributed by atoms with Crippen LogP contribution in [0.3, 0.4) is 0 Å². The van der Waals surface area contributed by atoms with Crippen LogP contribution in [-0.2, 0) is 11.4 Å². The van der Waals surface area contributed by atoms with Gasteiger partial charge in [0.15, 0.2) is 0 Å². The molecule has 0 saturated heterocycles. The molecular formula is C25H20ClF2N3O3. The molecule has 0 aliphatic heterocycles. The Hall–Kier alpha value is -3.78. The average Bonchev–Trinajstić information content (AvgIpc) is 3.64. The van der Waals surface area contributed by atoms with Gasteiger partial charge in [-0.3, -0.25) is 10.1 Å². The third kappa shape index (κ3) is 5.96. The lowest BCUT2D eigenvalue weighted by atomic mass is 10.1. The van der Waals surface area contributed by atoms with Crippen LogP contribution in [0.5, 0.6) is 0 Å². The maximum atomic E-state index is 13.7. The molecule has 0 aromatic heterocycles. The summed E-state index contributed by atoms with van der Waals surface area (Å²) < 4.78 is 27.4. The highest BCUT2D eigenvalue weighted by Gasteiger charge is 2.29. The molecule has 4 rings (SSSR count). The number of halogens is 3. The van der Waals surface area contributed by atoms with E-state index in [0.29, 0.717) is 16.6 Å². The van der Waals surface area contributed by atoms with Crippen molar-refractivity contribution in [2.24, 2.45) is 11.1 Å². The minimum Gasteiger partial charge on any atom is -0.391 e. The van der Waals surface area contributed by atoms with Crippen LogP contribution in [0, 0.1) is 17.6 Å². The molecule has 0 heterocycles. The molecule has 9 heteroatoms. The van der Waals surface area contributed by atoms with E-state index in [1.807, 2.05) is 29.6 Å². The topological polar surface area (TPSA) is 79.8 Å². The van der Waals surface area contributed by atoms with E-state index in [0.717, 1.165) is 47.9 Å². The Kier molecular flexibility index (Phi) is 7.18. The smallest absolute Gasteiger partial charge is 0.326 e. The summed E-state index contributed by atoms with van der Waals surface area (Å²) in [4.78, 5) is 29.6. The Morgan fingerprint density at radius 2 is 1.62 bits per heavy atom. The first-order chi connectivity index (χ1) is 16.4. The summed E-state index contributed by atoms with van der Waals surface area (Å²) in [5.74, 6) is -2.91. The van der Waals surface area contributed by atoms with Gasteiger partial charge in [-0.25, -0.2) is 13.6 Å². The summed E-state index contributed by atoms with van der Waals surface area (Å²) in [7, 11) is 0. The SMILES string of the molecule is O=C(NC(=O)c1c(F)cccc1F)Nc1ccc(CO/N=C(/c2ccc(Cl)cc2)C2CC2)cc1. The van der Waals surface area contributed by atoms with Crippen LogP contribution in [-0.4, -0.2) is 17.6 Å². The standard InChI is InChI=1S/C25H20ClF2N3O3/c26-18-10-8-17(9-11-18)23(16-6-7-16)31-34-14-15-4-12-19(13-5-15)29-25(33)30-24(32)22-20(27)2-1-3-21(22)28/h1-5,8-13,16H,6-7,14H2,(H2,29,30,32,33)/b31-23+. The van der Waals surface area contributed by atoms with Crippen molar-refractivity contribution < 1.29 is 23.2 Å². The van der Waals surface area contributed by atoms with Gasteiger partial charge in [-0.15, -0.1) is 0 Å². The van der Waals surface area contributed by atoms with Crippen LogP contribution < -0.4 is 10.6 Å². The van der Waals surface area contributed by atoms with E-state index >= 15 is 0 Å². The van der Waals surface area contributed by atoms with Crippen LogP contribution in [0.2, 0.25) is 5.02 Å². The number of hydrogen-bond donors (Lipinski definition) is 2. The predicted octanol–water partition coefficient (Wildman–Crippen LogP) is 5.91. The van der Waals surface area contributed by atoms with Gasteiger partial charge in [-0.1, -0.05) is 47.1 Å². The van der Waals surface area contributed by atoms with E-state index in [1.54, 1.807) is 24.3 Å². The normalized spacial score (nSPS) is 13.3. The van der Waals surface area contributed by atoms with Crippen LogP contribution in [0.15, 0.2) is 71.9 Å². The molecule has 0 bridgehead atoms. The van der Waals surface area contributed by atoms with Crippen molar-refractivity contribution in [3.05, 3.63) is 100 Å². The molecule has 174 valence electrons. The Morgan fingerprint density at radius 1 is 0.971 bits per heavy atom. The van der Waals surface area contributed by atoms with Crippen LogP contribution in [0.1, 0.15) is 34.3 Å². The molecule has 0 radical (unpaired) electrons. The fourth-order valence-corrected chi connectivity index (χ4v) is 3.37. The quantitative estimate of drug-likeness (QED) is 0.324. The summed E-state index contributed by atoms with van der Waals surface area (Å²) in [6, 6.07) is 16.2. The molecule has 0 unspecified atom stereocenters. The lowest BCUT2D eigenvalue weighted by Gasteiger charge is -2.09. The largest absolute Gasteiger partial charge is 0.391 e. The van der Waals surface area contributed by atoms with Crippen molar-refractivity contribution in [3.63, 3.8) is 0 Å². The van der Waals surface area contributed by atoms with Gasteiger partial charge in [0.25, 0.3) is 5.91 Å². The zero-order valence-corrected chi connectivity index (χ0v) is 18.6. The Balaban J connectivity index is 1.31. The Morgan fingerprint density at radius 3 is 2.24 bits per heavy atom. The highest BCUT2D eigenvalue weighted by atomic mass is 35.5. The van der Waals surface area contributed by atoms with Gasteiger partial charge in [0, 0.05) is 16.6 Å². The first-order valence-electron chi connectivity index (χ1n) is 10.5. The van der Waals surface area contributed by atoms with Crippen LogP contribution in [0.4, 0.5) is 19.3 Å². The Bertz CT molecular complexity index is 1210. The molecule has 1 aliphatic rings. The number of rotatable bonds is 7. The van der Waals surface area contributed by atoms with Crippen LogP contribution >= 0.6 is 11.6 Å². The number of amides is 3. The first-order valence-corrected chi connectivity index (χ1v) is 10.9. The monoisotopic (exact) mass is 483 g/mol. The van der Waals surface area contributed by atoms with Crippen molar-refractivity contribution in [2.45, 2.75) is 19.4 Å². The maximum absolute atomic E-state index is 13.7. The van der Waals surface area contributed by atoms with E-state index < -0.39 is 29.1 Å². The molecule has 1 aliphatic carbocycles. The molecule has 0 spiro atoms. The van der Waals surface area contributed by atoms with Gasteiger partial charge in [0.1, 0.15) is 23.8 Å². The lowest BCUT2D eigenvalue weighted by molar-refractivity contribution is 0.0959. The van der Waals surface area contributed by atoms with E-state index in [1.165, 1.54) is 0 Å². The number of urea groups is 1. The number of anilines is 1. The number of hydrogen-bond acceptors (Lipinski definition) is 4. The predicted molar refractivity (Wildman–Crippen MR) is 125 cm³/mol. The van der Waals surface area contributed by atoms with E-state index in [4.69, 9.17) is 16.4 Å². The second-order valence-electron chi connectivity index (χ2n) is 7.73. The second-order valence-corrected chi connectivity index (χ2v) is 8.17. The average molecular weight is 484 g/mol. The number of nitrogens with one attached hydrogen (secondary N) is 2. The molecule has 3 amide bonds. The highest BCUT2D eigenvalue weighted by Crippen LogP contribution is 2.33. The highest BCUT2D eigenvalue weighted by molar-refractivity contribution is 6.30.